The van der Waals surface area contributed by atoms with E-state index in [9.17, 15) is 0 Å². The van der Waals surface area contributed by atoms with E-state index < -0.39 is 0 Å². The van der Waals surface area contributed by atoms with Gasteiger partial charge in [-0.15, -0.1) is 10.2 Å². The molecular formula is C20H21BrN4S. The smallest absolute Gasteiger partial charge is 0.197 e. The Hall–Kier alpha value is -1.63. The van der Waals surface area contributed by atoms with Gasteiger partial charge in [0.2, 0.25) is 0 Å². The lowest BCUT2D eigenvalue weighted by Crippen LogP contribution is -2.29. The fourth-order valence-electron chi connectivity index (χ4n) is 3.20. The lowest BCUT2D eigenvalue weighted by atomic mass is 10.1. The average Bonchev–Trinajstić information content (AvgIpc) is 3.12. The van der Waals surface area contributed by atoms with Crippen LogP contribution in [0.1, 0.15) is 19.3 Å². The van der Waals surface area contributed by atoms with Crippen LogP contribution in [0.25, 0.3) is 17.1 Å². The van der Waals surface area contributed by atoms with E-state index in [-0.39, 0.29) is 0 Å². The van der Waals surface area contributed by atoms with Gasteiger partial charge in [0, 0.05) is 15.7 Å². The first-order chi connectivity index (χ1) is 12.8. The lowest BCUT2D eigenvalue weighted by molar-refractivity contribution is 0.266. The number of hydrogen-bond donors (Lipinski definition) is 0. The minimum atomic E-state index is 0.879. The SMILES string of the molecule is Brc1ccc(-c2nnc(SCN3CCCCC3)n2-c2ccccc2)cc1. The molecule has 3 aromatic rings. The molecule has 0 saturated carbocycles. The fourth-order valence-corrected chi connectivity index (χ4v) is 4.44. The highest BCUT2D eigenvalue weighted by atomic mass is 79.9. The number of rotatable bonds is 5. The number of thioether (sulfide) groups is 1. The second kappa shape index (κ2) is 8.37. The molecule has 1 saturated heterocycles. The van der Waals surface area contributed by atoms with Crippen molar-refractivity contribution >= 4 is 27.7 Å². The van der Waals surface area contributed by atoms with Crippen molar-refractivity contribution < 1.29 is 0 Å². The van der Waals surface area contributed by atoms with Crippen LogP contribution in [0.15, 0.2) is 64.2 Å². The van der Waals surface area contributed by atoms with Crippen molar-refractivity contribution in [3.05, 3.63) is 59.1 Å². The number of aromatic nitrogens is 3. The minimum Gasteiger partial charge on any atom is -0.294 e. The number of hydrogen-bond acceptors (Lipinski definition) is 4. The van der Waals surface area contributed by atoms with E-state index in [0.717, 1.165) is 32.6 Å². The van der Waals surface area contributed by atoms with Crippen molar-refractivity contribution in [2.45, 2.75) is 24.4 Å². The third-order valence-corrected chi connectivity index (χ3v) is 6.12. The highest BCUT2D eigenvalue weighted by Crippen LogP contribution is 2.29. The Labute approximate surface area is 166 Å². The maximum atomic E-state index is 4.51. The van der Waals surface area contributed by atoms with Crippen molar-refractivity contribution in [1.29, 1.82) is 0 Å². The summed E-state index contributed by atoms with van der Waals surface area (Å²) in [6, 6.07) is 18.6. The Morgan fingerprint density at radius 3 is 2.35 bits per heavy atom. The van der Waals surface area contributed by atoms with Gasteiger partial charge in [0.15, 0.2) is 11.0 Å². The molecule has 1 fully saturated rings. The second-order valence-electron chi connectivity index (χ2n) is 6.44. The van der Waals surface area contributed by atoms with Crippen LogP contribution < -0.4 is 0 Å². The summed E-state index contributed by atoms with van der Waals surface area (Å²) >= 11 is 5.28. The molecule has 0 atom stereocenters. The molecular weight excluding hydrogens is 408 g/mol. The topological polar surface area (TPSA) is 34.0 Å². The van der Waals surface area contributed by atoms with Crippen LogP contribution >= 0.6 is 27.7 Å². The highest BCUT2D eigenvalue weighted by Gasteiger charge is 2.18. The van der Waals surface area contributed by atoms with Crippen molar-refractivity contribution in [3.8, 4) is 17.1 Å². The fraction of sp³-hybridized carbons (Fsp3) is 0.300. The van der Waals surface area contributed by atoms with Gasteiger partial charge in [-0.1, -0.05) is 64.4 Å². The van der Waals surface area contributed by atoms with Crippen LogP contribution in [0.4, 0.5) is 0 Å². The zero-order valence-electron chi connectivity index (χ0n) is 14.5. The van der Waals surface area contributed by atoms with Crippen molar-refractivity contribution in [1.82, 2.24) is 19.7 Å². The van der Waals surface area contributed by atoms with Crippen LogP contribution in [-0.4, -0.2) is 38.6 Å². The van der Waals surface area contributed by atoms with E-state index in [4.69, 9.17) is 0 Å². The number of piperidine rings is 1. The first-order valence-corrected chi connectivity index (χ1v) is 10.7. The molecule has 1 aliphatic rings. The van der Waals surface area contributed by atoms with Crippen LogP contribution in [0, 0.1) is 0 Å². The summed E-state index contributed by atoms with van der Waals surface area (Å²) in [6.07, 6.45) is 3.96. The van der Waals surface area contributed by atoms with Gasteiger partial charge < -0.3 is 0 Å². The molecule has 0 bridgehead atoms. The number of benzene rings is 2. The summed E-state index contributed by atoms with van der Waals surface area (Å²) in [4.78, 5) is 2.51. The Bertz CT molecular complexity index is 842. The monoisotopic (exact) mass is 428 g/mol. The Kier molecular flexibility index (Phi) is 5.72. The summed E-state index contributed by atoms with van der Waals surface area (Å²) in [7, 11) is 0. The summed E-state index contributed by atoms with van der Waals surface area (Å²) in [5.74, 6) is 1.84. The van der Waals surface area contributed by atoms with E-state index in [1.807, 2.05) is 18.2 Å². The third-order valence-electron chi connectivity index (χ3n) is 4.58. The molecule has 0 amide bonds. The van der Waals surface area contributed by atoms with Crippen molar-refractivity contribution in [2.24, 2.45) is 0 Å². The van der Waals surface area contributed by atoms with Crippen molar-refractivity contribution in [2.75, 3.05) is 19.0 Å². The van der Waals surface area contributed by atoms with Gasteiger partial charge in [0.05, 0.1) is 5.88 Å². The number of nitrogens with zero attached hydrogens (tertiary/aromatic N) is 4. The second-order valence-corrected chi connectivity index (χ2v) is 8.26. The average molecular weight is 429 g/mol. The normalized spacial score (nSPS) is 15.3. The first kappa shape index (κ1) is 17.8. The third kappa shape index (κ3) is 4.03. The van der Waals surface area contributed by atoms with Crippen LogP contribution in [0.5, 0.6) is 0 Å². The van der Waals surface area contributed by atoms with Gasteiger partial charge in [-0.25, -0.2) is 0 Å². The van der Waals surface area contributed by atoms with E-state index in [1.165, 1.54) is 32.4 Å². The molecule has 4 rings (SSSR count). The quantitative estimate of drug-likeness (QED) is 0.520. The summed E-state index contributed by atoms with van der Waals surface area (Å²) < 4.78 is 3.23. The molecule has 6 heteroatoms. The predicted octanol–water partition coefficient (Wildman–Crippen LogP) is 5.23. The number of para-hydroxylation sites is 1. The molecule has 0 aliphatic carbocycles. The summed E-state index contributed by atoms with van der Waals surface area (Å²) in [5.41, 5.74) is 2.16. The van der Waals surface area contributed by atoms with Gasteiger partial charge in [-0.05, 0) is 50.2 Å². The zero-order chi connectivity index (χ0) is 17.8. The van der Waals surface area contributed by atoms with Crippen LogP contribution in [0.3, 0.4) is 0 Å². The Morgan fingerprint density at radius 2 is 1.62 bits per heavy atom. The minimum absolute atomic E-state index is 0.879. The molecule has 0 spiro atoms. The van der Waals surface area contributed by atoms with Gasteiger partial charge >= 0.3 is 0 Å². The highest BCUT2D eigenvalue weighted by molar-refractivity contribution is 9.10. The number of likely N-dealkylation sites (tertiary alicyclic amines) is 1. The standard InChI is InChI=1S/C20H21BrN4S/c21-17-11-9-16(10-12-17)19-22-23-20(25(19)18-7-3-1-4-8-18)26-15-24-13-5-2-6-14-24/h1,3-4,7-12H,2,5-6,13-15H2. The van der Waals surface area contributed by atoms with Crippen LogP contribution in [0.2, 0.25) is 0 Å². The lowest BCUT2D eigenvalue weighted by Gasteiger charge is -2.25. The molecule has 2 aromatic carbocycles. The Balaban J connectivity index is 1.66. The van der Waals surface area contributed by atoms with Gasteiger partial charge in [0.1, 0.15) is 0 Å². The van der Waals surface area contributed by atoms with Crippen molar-refractivity contribution in [3.63, 3.8) is 0 Å². The molecule has 0 radical (unpaired) electrons. The maximum Gasteiger partial charge on any atom is 0.197 e. The van der Waals surface area contributed by atoms with Crippen LogP contribution in [-0.2, 0) is 0 Å². The molecule has 134 valence electrons. The largest absolute Gasteiger partial charge is 0.294 e. The summed E-state index contributed by atoms with van der Waals surface area (Å²) in [6.45, 7) is 2.37. The number of halogens is 1. The van der Waals surface area contributed by atoms with E-state index >= 15 is 0 Å². The molecule has 2 heterocycles. The maximum absolute atomic E-state index is 4.51. The Morgan fingerprint density at radius 1 is 0.885 bits per heavy atom. The van der Waals surface area contributed by atoms with Gasteiger partial charge in [0.25, 0.3) is 0 Å². The van der Waals surface area contributed by atoms with Gasteiger partial charge in [-0.3, -0.25) is 9.47 Å². The first-order valence-electron chi connectivity index (χ1n) is 8.93. The molecule has 0 unspecified atom stereocenters. The van der Waals surface area contributed by atoms with E-state index in [0.29, 0.717) is 0 Å². The van der Waals surface area contributed by atoms with E-state index in [1.54, 1.807) is 11.8 Å². The molecule has 1 aliphatic heterocycles. The molecule has 1 aromatic heterocycles. The molecule has 0 N–H and O–H groups in total. The molecule has 26 heavy (non-hydrogen) atoms. The van der Waals surface area contributed by atoms with E-state index in [2.05, 4.69) is 72.0 Å². The summed E-state index contributed by atoms with van der Waals surface area (Å²) in [5, 5.41) is 9.97. The zero-order valence-corrected chi connectivity index (χ0v) is 16.9. The van der Waals surface area contributed by atoms with Gasteiger partial charge in [-0.2, -0.15) is 0 Å². The molecule has 4 nitrogen and oxygen atoms in total. The predicted molar refractivity (Wildman–Crippen MR) is 111 cm³/mol.